The predicted octanol–water partition coefficient (Wildman–Crippen LogP) is 3.62. The maximum absolute atomic E-state index is 12.3. The summed E-state index contributed by atoms with van der Waals surface area (Å²) in [4.78, 5) is 18.6. The van der Waals surface area contributed by atoms with Gasteiger partial charge in [0.2, 0.25) is 0 Å². The normalized spacial score (nSPS) is 28.8. The van der Waals surface area contributed by atoms with Crippen LogP contribution in [0.2, 0.25) is 0 Å². The van der Waals surface area contributed by atoms with Crippen molar-refractivity contribution in [1.29, 1.82) is 0 Å². The second kappa shape index (κ2) is 8.30. The fraction of sp³-hybridized carbons (Fsp3) is 0.778. The smallest absolute Gasteiger partial charge is 0.343 e. The van der Waals surface area contributed by atoms with Gasteiger partial charge < -0.3 is 14.6 Å². The topological polar surface area (TPSA) is 55.6 Å². The van der Waals surface area contributed by atoms with Gasteiger partial charge in [-0.15, -0.1) is 11.3 Å². The molecule has 0 radical (unpaired) electrons. The summed E-state index contributed by atoms with van der Waals surface area (Å²) in [6.07, 6.45) is 10.3. The Labute approximate surface area is 148 Å². The lowest BCUT2D eigenvalue weighted by Gasteiger charge is -2.26. The molecule has 1 unspecified atom stereocenters. The van der Waals surface area contributed by atoms with E-state index in [0.717, 1.165) is 49.6 Å². The lowest BCUT2D eigenvalue weighted by atomic mass is 9.87. The van der Waals surface area contributed by atoms with E-state index < -0.39 is 0 Å². The molecule has 6 heteroatoms. The number of nitrogens with one attached hydrogen (secondary N) is 1. The monoisotopic (exact) mass is 351 g/mol. The van der Waals surface area contributed by atoms with E-state index in [-0.39, 0.29) is 18.2 Å². The minimum absolute atomic E-state index is 0.199. The standard InChI is InChI=1S/C18H29N3O2S/c1-13-6-8-15(9-7-13)19-17(22)20-18-21(11-14(2)24-18)12-16-5-3-4-10-23-16/h11,13,15-16H,3-10,12H2,1-2H3,(H,19,22). The van der Waals surface area contributed by atoms with E-state index in [4.69, 9.17) is 4.74 Å². The summed E-state index contributed by atoms with van der Waals surface area (Å²) in [7, 11) is 0. The van der Waals surface area contributed by atoms with Crippen LogP contribution in [0.3, 0.4) is 0 Å². The van der Waals surface area contributed by atoms with Gasteiger partial charge in [0.25, 0.3) is 0 Å². The Bertz CT molecular complexity index is 608. The molecular weight excluding hydrogens is 322 g/mol. The van der Waals surface area contributed by atoms with E-state index in [1.165, 1.54) is 24.1 Å². The average molecular weight is 352 g/mol. The Balaban J connectivity index is 1.64. The summed E-state index contributed by atoms with van der Waals surface area (Å²) in [6, 6.07) is 0.0864. The zero-order valence-corrected chi connectivity index (χ0v) is 15.6. The third kappa shape index (κ3) is 4.93. The van der Waals surface area contributed by atoms with Crippen molar-refractivity contribution in [3.05, 3.63) is 15.9 Å². The number of carbonyl (C=O) groups excluding carboxylic acids is 1. The van der Waals surface area contributed by atoms with E-state index in [9.17, 15) is 4.79 Å². The van der Waals surface area contributed by atoms with Gasteiger partial charge in [-0.05, 0) is 57.8 Å². The van der Waals surface area contributed by atoms with Crippen molar-refractivity contribution in [3.63, 3.8) is 0 Å². The third-order valence-corrected chi connectivity index (χ3v) is 5.99. The minimum Gasteiger partial charge on any atom is -0.376 e. The van der Waals surface area contributed by atoms with Gasteiger partial charge in [-0.25, -0.2) is 4.79 Å². The van der Waals surface area contributed by atoms with E-state index in [1.807, 2.05) is 0 Å². The third-order valence-electron chi connectivity index (χ3n) is 5.05. The molecule has 1 aromatic rings. The largest absolute Gasteiger partial charge is 0.376 e. The molecular formula is C18H29N3O2S. The number of aryl methyl sites for hydroxylation is 1. The summed E-state index contributed by atoms with van der Waals surface area (Å²) in [5, 5.41) is 3.08. The van der Waals surface area contributed by atoms with E-state index in [0.29, 0.717) is 0 Å². The predicted molar refractivity (Wildman–Crippen MR) is 96.2 cm³/mol. The molecule has 0 spiro atoms. The molecule has 1 aliphatic heterocycles. The molecule has 0 aromatic carbocycles. The molecule has 2 aliphatic rings. The van der Waals surface area contributed by atoms with Crippen LogP contribution in [0.15, 0.2) is 11.2 Å². The molecule has 1 saturated heterocycles. The van der Waals surface area contributed by atoms with Crippen LogP contribution in [0, 0.1) is 12.8 Å². The Hall–Kier alpha value is -1.14. The minimum atomic E-state index is -0.199. The Kier molecular flexibility index (Phi) is 6.11. The van der Waals surface area contributed by atoms with Crippen molar-refractivity contribution in [1.82, 2.24) is 9.88 Å². The molecule has 24 heavy (non-hydrogen) atoms. The summed E-state index contributed by atoms with van der Waals surface area (Å²) >= 11 is 1.57. The van der Waals surface area contributed by atoms with Crippen LogP contribution in [-0.4, -0.2) is 29.4 Å². The fourth-order valence-corrected chi connectivity index (χ4v) is 4.43. The number of ether oxygens (including phenoxy) is 1. The molecule has 2 fully saturated rings. The molecule has 1 saturated carbocycles. The highest BCUT2D eigenvalue weighted by atomic mass is 32.1. The molecule has 2 heterocycles. The number of urea groups is 1. The van der Waals surface area contributed by atoms with Crippen LogP contribution < -0.4 is 10.1 Å². The average Bonchev–Trinajstić information content (AvgIpc) is 2.89. The number of rotatable bonds is 3. The van der Waals surface area contributed by atoms with Gasteiger partial charge in [-0.2, -0.15) is 4.99 Å². The molecule has 134 valence electrons. The van der Waals surface area contributed by atoms with Gasteiger partial charge in [0.15, 0.2) is 4.80 Å². The molecule has 1 aliphatic carbocycles. The van der Waals surface area contributed by atoms with Gasteiger partial charge in [-0.3, -0.25) is 0 Å². The number of nitrogens with zero attached hydrogens (tertiary/aromatic N) is 2. The van der Waals surface area contributed by atoms with Crippen LogP contribution in [0.25, 0.3) is 0 Å². The molecule has 5 nitrogen and oxygen atoms in total. The van der Waals surface area contributed by atoms with Crippen LogP contribution in [0.1, 0.15) is 56.7 Å². The van der Waals surface area contributed by atoms with Crippen molar-refractivity contribution in [2.45, 2.75) is 77.5 Å². The van der Waals surface area contributed by atoms with Crippen LogP contribution in [-0.2, 0) is 11.3 Å². The van der Waals surface area contributed by atoms with E-state index in [1.54, 1.807) is 11.3 Å². The van der Waals surface area contributed by atoms with Crippen LogP contribution in [0.4, 0.5) is 4.79 Å². The van der Waals surface area contributed by atoms with Crippen molar-refractivity contribution in [2.75, 3.05) is 6.61 Å². The van der Waals surface area contributed by atoms with Crippen molar-refractivity contribution < 1.29 is 9.53 Å². The van der Waals surface area contributed by atoms with Crippen LogP contribution in [0.5, 0.6) is 0 Å². The molecule has 2 amide bonds. The summed E-state index contributed by atoms with van der Waals surface area (Å²) in [5.74, 6) is 0.785. The summed E-state index contributed by atoms with van der Waals surface area (Å²) in [6.45, 7) is 5.98. The first-order chi connectivity index (χ1) is 11.6. The number of carbonyl (C=O) groups is 1. The quantitative estimate of drug-likeness (QED) is 0.904. The highest BCUT2D eigenvalue weighted by Crippen LogP contribution is 2.23. The number of aromatic nitrogens is 1. The number of hydrogen-bond donors (Lipinski definition) is 1. The van der Waals surface area contributed by atoms with Gasteiger partial charge >= 0.3 is 6.03 Å². The summed E-state index contributed by atoms with van der Waals surface area (Å²) in [5.41, 5.74) is 0. The van der Waals surface area contributed by atoms with Gasteiger partial charge in [0.05, 0.1) is 12.6 Å². The number of amides is 2. The second-order valence-electron chi connectivity index (χ2n) is 7.28. The number of thiazole rings is 1. The Morgan fingerprint density at radius 1 is 1.33 bits per heavy atom. The molecule has 1 aromatic heterocycles. The molecule has 1 N–H and O–H groups in total. The first kappa shape index (κ1) is 17.7. The Morgan fingerprint density at radius 3 is 2.83 bits per heavy atom. The van der Waals surface area contributed by atoms with E-state index in [2.05, 4.69) is 34.9 Å². The summed E-state index contributed by atoms with van der Waals surface area (Å²) < 4.78 is 7.91. The lowest BCUT2D eigenvalue weighted by molar-refractivity contribution is 0.00556. The van der Waals surface area contributed by atoms with Crippen LogP contribution >= 0.6 is 11.3 Å². The van der Waals surface area contributed by atoms with Gasteiger partial charge in [-0.1, -0.05) is 6.92 Å². The molecule has 3 rings (SSSR count). The maximum atomic E-state index is 12.3. The zero-order valence-electron chi connectivity index (χ0n) is 14.8. The highest BCUT2D eigenvalue weighted by molar-refractivity contribution is 7.09. The van der Waals surface area contributed by atoms with Crippen molar-refractivity contribution >= 4 is 17.4 Å². The number of hydrogen-bond acceptors (Lipinski definition) is 3. The van der Waals surface area contributed by atoms with Gasteiger partial charge in [0.1, 0.15) is 0 Å². The van der Waals surface area contributed by atoms with Gasteiger partial charge in [0, 0.05) is 23.7 Å². The lowest BCUT2D eigenvalue weighted by Crippen LogP contribution is -2.37. The molecule has 1 atom stereocenters. The Morgan fingerprint density at radius 2 is 2.12 bits per heavy atom. The first-order valence-corrected chi connectivity index (χ1v) is 10.1. The molecule has 0 bridgehead atoms. The first-order valence-electron chi connectivity index (χ1n) is 9.24. The fourth-order valence-electron chi connectivity index (χ4n) is 3.59. The zero-order chi connectivity index (χ0) is 16.9. The highest BCUT2D eigenvalue weighted by Gasteiger charge is 2.20. The SMILES string of the molecule is Cc1cn(CC2CCCCO2)c(=NC(=O)NC2CCC(C)CC2)s1. The van der Waals surface area contributed by atoms with Crippen molar-refractivity contribution in [3.8, 4) is 0 Å². The second-order valence-corrected chi connectivity index (χ2v) is 8.50. The maximum Gasteiger partial charge on any atom is 0.343 e. The van der Waals surface area contributed by atoms with E-state index >= 15 is 0 Å². The van der Waals surface area contributed by atoms with Crippen molar-refractivity contribution in [2.24, 2.45) is 10.9 Å².